The molecule has 0 aliphatic rings. The van der Waals surface area contributed by atoms with E-state index in [9.17, 15) is 0 Å². The lowest BCUT2D eigenvalue weighted by Gasteiger charge is -2.11. The highest BCUT2D eigenvalue weighted by Crippen LogP contribution is 2.12. The van der Waals surface area contributed by atoms with Gasteiger partial charge in [0, 0.05) is 0 Å². The molecule has 0 aromatic carbocycles. The maximum atomic E-state index is 2.36. The van der Waals surface area contributed by atoms with Crippen molar-refractivity contribution in [2.45, 2.75) is 72.4 Å². The minimum Gasteiger partial charge on any atom is -0.237 e. The molecule has 0 saturated carbocycles. The van der Waals surface area contributed by atoms with Gasteiger partial charge < -0.3 is 0 Å². The Kier molecular flexibility index (Phi) is 6.99. The molecule has 0 radical (unpaired) electrons. The molecule has 0 amide bonds. The Bertz CT molecular complexity index is 291. The highest BCUT2D eigenvalue weighted by molar-refractivity contribution is 4.66. The van der Waals surface area contributed by atoms with Crippen molar-refractivity contribution in [1.29, 1.82) is 0 Å². The zero-order valence-electron chi connectivity index (χ0n) is 11.9. The number of aryl methyl sites for hydroxylation is 1. The Balaban J connectivity index is 2.40. The summed E-state index contributed by atoms with van der Waals surface area (Å²) in [4.78, 5) is 0. The zero-order valence-corrected chi connectivity index (χ0v) is 11.9. The molecule has 1 atom stereocenters. The van der Waals surface area contributed by atoms with E-state index < -0.39 is 0 Å². The van der Waals surface area contributed by atoms with E-state index in [2.05, 4.69) is 48.6 Å². The third-order valence-corrected chi connectivity index (χ3v) is 3.53. The van der Waals surface area contributed by atoms with Gasteiger partial charge in [-0.1, -0.05) is 40.0 Å². The fourth-order valence-corrected chi connectivity index (χ4v) is 2.24. The summed E-state index contributed by atoms with van der Waals surface area (Å²) in [6.07, 6.45) is 14.6. The minimum atomic E-state index is 0.849. The molecule has 17 heavy (non-hydrogen) atoms. The van der Waals surface area contributed by atoms with Crippen molar-refractivity contribution < 1.29 is 4.57 Å². The second-order valence-corrected chi connectivity index (χ2v) is 5.12. The van der Waals surface area contributed by atoms with Crippen LogP contribution in [0, 0.1) is 5.92 Å². The number of hydrogen-bond acceptors (Lipinski definition) is 0. The molecule has 0 saturated heterocycles. The van der Waals surface area contributed by atoms with Crippen LogP contribution in [-0.4, -0.2) is 4.57 Å². The minimum absolute atomic E-state index is 0.849. The molecule has 0 fully saturated rings. The Labute approximate surface area is 107 Å². The Morgan fingerprint density at radius 1 is 1.12 bits per heavy atom. The normalized spacial score (nSPS) is 12.9. The highest BCUT2D eigenvalue weighted by atomic mass is 15.1. The van der Waals surface area contributed by atoms with Gasteiger partial charge in [-0.2, -0.15) is 0 Å². The first-order valence-corrected chi connectivity index (χ1v) is 7.34. The fourth-order valence-electron chi connectivity index (χ4n) is 2.24. The number of imidazole rings is 1. The van der Waals surface area contributed by atoms with Gasteiger partial charge in [-0.15, -0.1) is 0 Å². The maximum Gasteiger partial charge on any atom is 0.243 e. The molecular formula is C15H29N2+. The molecule has 1 aromatic heterocycles. The van der Waals surface area contributed by atoms with Crippen LogP contribution in [0.3, 0.4) is 0 Å². The molecule has 2 heteroatoms. The van der Waals surface area contributed by atoms with Crippen LogP contribution in [0.25, 0.3) is 0 Å². The molecule has 2 nitrogen and oxygen atoms in total. The predicted molar refractivity (Wildman–Crippen MR) is 72.8 cm³/mol. The molecule has 1 aromatic rings. The summed E-state index contributed by atoms with van der Waals surface area (Å²) in [6, 6.07) is 0. The summed E-state index contributed by atoms with van der Waals surface area (Å²) in [7, 11) is 0. The largest absolute Gasteiger partial charge is 0.243 e. The lowest BCUT2D eigenvalue weighted by molar-refractivity contribution is -0.703. The zero-order chi connectivity index (χ0) is 12.5. The summed E-state index contributed by atoms with van der Waals surface area (Å²) >= 11 is 0. The Hall–Kier alpha value is -0.790. The predicted octanol–water partition coefficient (Wildman–Crippen LogP) is 3.79. The monoisotopic (exact) mass is 237 g/mol. The number of unbranched alkanes of at least 4 members (excludes halogenated alkanes) is 2. The third kappa shape index (κ3) is 5.38. The van der Waals surface area contributed by atoms with Gasteiger partial charge in [0.2, 0.25) is 6.33 Å². The van der Waals surface area contributed by atoms with Crippen LogP contribution >= 0.6 is 0 Å². The second-order valence-electron chi connectivity index (χ2n) is 5.12. The average molecular weight is 237 g/mol. The van der Waals surface area contributed by atoms with Gasteiger partial charge in [-0.05, 0) is 25.2 Å². The Morgan fingerprint density at radius 2 is 1.88 bits per heavy atom. The topological polar surface area (TPSA) is 8.81 Å². The van der Waals surface area contributed by atoms with E-state index in [0.717, 1.165) is 12.5 Å². The number of rotatable bonds is 9. The summed E-state index contributed by atoms with van der Waals surface area (Å²) < 4.78 is 4.68. The molecule has 98 valence electrons. The van der Waals surface area contributed by atoms with E-state index in [4.69, 9.17) is 0 Å². The van der Waals surface area contributed by atoms with E-state index in [1.54, 1.807) is 0 Å². The molecule has 0 aliphatic carbocycles. The van der Waals surface area contributed by atoms with Crippen LogP contribution in [-0.2, 0) is 13.1 Å². The van der Waals surface area contributed by atoms with Crippen molar-refractivity contribution in [3.8, 4) is 0 Å². The van der Waals surface area contributed by atoms with Gasteiger partial charge in [-0.3, -0.25) is 0 Å². The quantitative estimate of drug-likeness (QED) is 0.578. The third-order valence-electron chi connectivity index (χ3n) is 3.53. The van der Waals surface area contributed by atoms with Crippen LogP contribution in [0.4, 0.5) is 0 Å². The first kappa shape index (κ1) is 14.3. The van der Waals surface area contributed by atoms with Crippen LogP contribution in [0.5, 0.6) is 0 Å². The van der Waals surface area contributed by atoms with Gasteiger partial charge in [-0.25, -0.2) is 9.13 Å². The van der Waals surface area contributed by atoms with Crippen LogP contribution in [0.2, 0.25) is 0 Å². The number of nitrogens with zero attached hydrogens (tertiary/aromatic N) is 2. The summed E-state index contributed by atoms with van der Waals surface area (Å²) in [5.41, 5.74) is 0. The Morgan fingerprint density at radius 3 is 2.53 bits per heavy atom. The molecule has 1 rings (SSSR count). The van der Waals surface area contributed by atoms with Crippen LogP contribution in [0.15, 0.2) is 18.7 Å². The molecule has 0 N–H and O–H groups in total. The van der Waals surface area contributed by atoms with Gasteiger partial charge in [0.15, 0.2) is 0 Å². The first-order valence-electron chi connectivity index (χ1n) is 7.34. The molecule has 1 heterocycles. The summed E-state index contributed by atoms with van der Waals surface area (Å²) in [6.45, 7) is 9.19. The molecule has 0 spiro atoms. The van der Waals surface area contributed by atoms with Crippen LogP contribution < -0.4 is 4.57 Å². The fraction of sp³-hybridized carbons (Fsp3) is 0.800. The van der Waals surface area contributed by atoms with E-state index in [0.29, 0.717) is 0 Å². The van der Waals surface area contributed by atoms with Gasteiger partial charge >= 0.3 is 0 Å². The average Bonchev–Trinajstić information content (AvgIpc) is 2.79. The van der Waals surface area contributed by atoms with E-state index >= 15 is 0 Å². The standard InChI is InChI=1S/C15H29N2/c1-4-7-9-15(6-3)13-17-12-11-16(14-17)10-8-5-2/h11-12,14-15H,4-10,13H2,1-3H3/q+1. The van der Waals surface area contributed by atoms with Crippen molar-refractivity contribution in [3.05, 3.63) is 18.7 Å². The van der Waals surface area contributed by atoms with Crippen molar-refractivity contribution in [3.63, 3.8) is 0 Å². The smallest absolute Gasteiger partial charge is 0.237 e. The first-order chi connectivity index (χ1) is 8.30. The van der Waals surface area contributed by atoms with E-state index in [1.165, 1.54) is 45.1 Å². The lowest BCUT2D eigenvalue weighted by Crippen LogP contribution is -2.35. The van der Waals surface area contributed by atoms with Gasteiger partial charge in [0.25, 0.3) is 0 Å². The van der Waals surface area contributed by atoms with Crippen molar-refractivity contribution in [1.82, 2.24) is 4.57 Å². The second kappa shape index (κ2) is 8.32. The highest BCUT2D eigenvalue weighted by Gasteiger charge is 2.11. The summed E-state index contributed by atoms with van der Waals surface area (Å²) in [5.74, 6) is 0.849. The van der Waals surface area contributed by atoms with Crippen molar-refractivity contribution in [2.75, 3.05) is 0 Å². The molecule has 0 bridgehead atoms. The SMILES string of the molecule is CCCCC(CC)C[n+]1ccn(CCCC)c1. The van der Waals surface area contributed by atoms with Gasteiger partial charge in [0.1, 0.15) is 12.4 Å². The van der Waals surface area contributed by atoms with Gasteiger partial charge in [0.05, 0.1) is 13.1 Å². The number of aromatic nitrogens is 2. The summed E-state index contributed by atoms with van der Waals surface area (Å²) in [5, 5.41) is 0. The molecule has 1 unspecified atom stereocenters. The van der Waals surface area contributed by atoms with Crippen molar-refractivity contribution >= 4 is 0 Å². The van der Waals surface area contributed by atoms with Crippen LogP contribution in [0.1, 0.15) is 59.3 Å². The maximum absolute atomic E-state index is 2.36. The molecular weight excluding hydrogens is 208 g/mol. The van der Waals surface area contributed by atoms with Crippen molar-refractivity contribution in [2.24, 2.45) is 5.92 Å². The molecule has 0 aliphatic heterocycles. The van der Waals surface area contributed by atoms with E-state index in [1.807, 2.05) is 0 Å². The van der Waals surface area contributed by atoms with E-state index in [-0.39, 0.29) is 0 Å². The lowest BCUT2D eigenvalue weighted by atomic mass is 9.99. The number of hydrogen-bond donors (Lipinski definition) is 0.